The second-order valence-corrected chi connectivity index (χ2v) is 5.15. The van der Waals surface area contributed by atoms with E-state index >= 15 is 0 Å². The van der Waals surface area contributed by atoms with Gasteiger partial charge in [0.1, 0.15) is 18.1 Å². The predicted molar refractivity (Wildman–Crippen MR) is 84.4 cm³/mol. The quantitative estimate of drug-likeness (QED) is 0.923. The molecule has 4 heteroatoms. The smallest absolute Gasteiger partial charge is 0.251 e. The molecule has 0 aliphatic carbocycles. The minimum absolute atomic E-state index is 0.00510. The van der Waals surface area contributed by atoms with Crippen LogP contribution in [0.4, 0.5) is 0 Å². The van der Waals surface area contributed by atoms with Crippen LogP contribution in [-0.4, -0.2) is 19.1 Å². The van der Waals surface area contributed by atoms with Gasteiger partial charge in [0.2, 0.25) is 0 Å². The summed E-state index contributed by atoms with van der Waals surface area (Å²) in [7, 11) is 0. The topological polar surface area (TPSA) is 47.6 Å². The highest BCUT2D eigenvalue weighted by Crippen LogP contribution is 2.24. The molecular weight excluding hydrogens is 278 g/mol. The van der Waals surface area contributed by atoms with Crippen LogP contribution in [0.15, 0.2) is 42.5 Å². The molecule has 0 aromatic heterocycles. The molecule has 1 aliphatic heterocycles. The zero-order chi connectivity index (χ0) is 15.4. The highest BCUT2D eigenvalue weighted by molar-refractivity contribution is 5.96. The molecule has 0 atom stereocenters. The van der Waals surface area contributed by atoms with Gasteiger partial charge in [-0.3, -0.25) is 4.79 Å². The number of benzene rings is 2. The lowest BCUT2D eigenvalue weighted by atomic mass is 10.0. The Hall–Kier alpha value is -2.49. The Morgan fingerprint density at radius 2 is 2.00 bits per heavy atom. The van der Waals surface area contributed by atoms with Crippen molar-refractivity contribution in [1.29, 1.82) is 0 Å². The minimum Gasteiger partial charge on any atom is -0.493 e. The van der Waals surface area contributed by atoms with Gasteiger partial charge in [-0.05, 0) is 43.2 Å². The van der Waals surface area contributed by atoms with Crippen molar-refractivity contribution in [2.45, 2.75) is 20.0 Å². The zero-order valence-corrected chi connectivity index (χ0v) is 12.6. The standard InChI is InChI=1S/C18H19NO3/c1-2-21-17-6-4-3-5-14(17)12-22-15-7-8-16-13(11-15)9-10-19-18(16)20/h3-8,11H,2,9-10,12H2,1H3,(H,19,20). The molecule has 2 aromatic rings. The number of amides is 1. The van der Waals surface area contributed by atoms with Crippen LogP contribution in [0, 0.1) is 0 Å². The average Bonchev–Trinajstić information content (AvgIpc) is 2.54. The molecule has 0 saturated carbocycles. The number of hydrogen-bond donors (Lipinski definition) is 1. The molecule has 0 bridgehead atoms. The minimum atomic E-state index is -0.00510. The summed E-state index contributed by atoms with van der Waals surface area (Å²) < 4.78 is 11.5. The lowest BCUT2D eigenvalue weighted by Crippen LogP contribution is -2.31. The summed E-state index contributed by atoms with van der Waals surface area (Å²) in [5.74, 6) is 1.62. The van der Waals surface area contributed by atoms with Gasteiger partial charge in [-0.15, -0.1) is 0 Å². The number of ether oxygens (including phenoxy) is 2. The third-order valence-electron chi connectivity index (χ3n) is 3.67. The third kappa shape index (κ3) is 3.06. The summed E-state index contributed by atoms with van der Waals surface area (Å²) in [4.78, 5) is 11.7. The summed E-state index contributed by atoms with van der Waals surface area (Å²) in [6.07, 6.45) is 0.841. The maximum atomic E-state index is 11.7. The van der Waals surface area contributed by atoms with E-state index < -0.39 is 0 Å². The number of carbonyl (C=O) groups excluding carboxylic acids is 1. The first kappa shape index (κ1) is 14.4. The van der Waals surface area contributed by atoms with Crippen molar-refractivity contribution >= 4 is 5.91 Å². The van der Waals surface area contributed by atoms with Crippen molar-refractivity contribution < 1.29 is 14.3 Å². The molecule has 22 heavy (non-hydrogen) atoms. The van der Waals surface area contributed by atoms with Gasteiger partial charge in [-0.25, -0.2) is 0 Å². The fourth-order valence-electron chi connectivity index (χ4n) is 2.57. The molecule has 1 amide bonds. The third-order valence-corrected chi connectivity index (χ3v) is 3.67. The molecule has 3 rings (SSSR count). The lowest BCUT2D eigenvalue weighted by molar-refractivity contribution is 0.0946. The van der Waals surface area contributed by atoms with Gasteiger partial charge in [0, 0.05) is 17.7 Å². The Morgan fingerprint density at radius 1 is 1.14 bits per heavy atom. The van der Waals surface area contributed by atoms with Crippen molar-refractivity contribution in [1.82, 2.24) is 5.32 Å². The zero-order valence-electron chi connectivity index (χ0n) is 12.6. The Morgan fingerprint density at radius 3 is 2.86 bits per heavy atom. The number of para-hydroxylation sites is 1. The van der Waals surface area contributed by atoms with Crippen LogP contribution in [0.5, 0.6) is 11.5 Å². The Labute approximate surface area is 130 Å². The summed E-state index contributed by atoms with van der Waals surface area (Å²) in [5, 5.41) is 2.84. The van der Waals surface area contributed by atoms with Gasteiger partial charge in [-0.1, -0.05) is 18.2 Å². The number of hydrogen-bond acceptors (Lipinski definition) is 3. The maximum Gasteiger partial charge on any atom is 0.251 e. The van der Waals surface area contributed by atoms with E-state index in [0.29, 0.717) is 19.8 Å². The maximum absolute atomic E-state index is 11.7. The summed E-state index contributed by atoms with van der Waals surface area (Å²) in [6.45, 7) is 3.72. The van der Waals surface area contributed by atoms with Crippen LogP contribution in [0.1, 0.15) is 28.4 Å². The highest BCUT2D eigenvalue weighted by Gasteiger charge is 2.16. The highest BCUT2D eigenvalue weighted by atomic mass is 16.5. The van der Waals surface area contributed by atoms with Gasteiger partial charge >= 0.3 is 0 Å². The molecule has 0 unspecified atom stereocenters. The number of nitrogens with one attached hydrogen (secondary N) is 1. The first-order valence-electron chi connectivity index (χ1n) is 7.52. The molecule has 0 fully saturated rings. The van der Waals surface area contributed by atoms with Crippen LogP contribution >= 0.6 is 0 Å². The SMILES string of the molecule is CCOc1ccccc1COc1ccc2c(c1)CCNC2=O. The Bertz CT molecular complexity index is 682. The average molecular weight is 297 g/mol. The summed E-state index contributed by atoms with van der Waals surface area (Å²) >= 11 is 0. The first-order valence-corrected chi connectivity index (χ1v) is 7.52. The molecule has 0 radical (unpaired) electrons. The van der Waals surface area contributed by atoms with Crippen molar-refractivity contribution in [3.8, 4) is 11.5 Å². The lowest BCUT2D eigenvalue weighted by Gasteiger charge is -2.17. The molecule has 4 nitrogen and oxygen atoms in total. The van der Waals surface area contributed by atoms with Gasteiger partial charge in [0.25, 0.3) is 5.91 Å². The molecule has 2 aromatic carbocycles. The van der Waals surface area contributed by atoms with Crippen LogP contribution < -0.4 is 14.8 Å². The molecule has 0 saturated heterocycles. The molecule has 114 valence electrons. The van der Waals surface area contributed by atoms with E-state index in [-0.39, 0.29) is 5.91 Å². The Kier molecular flexibility index (Phi) is 4.28. The van der Waals surface area contributed by atoms with E-state index in [1.807, 2.05) is 49.4 Å². The number of fused-ring (bicyclic) bond motifs is 1. The van der Waals surface area contributed by atoms with Crippen molar-refractivity contribution in [3.63, 3.8) is 0 Å². The second kappa shape index (κ2) is 6.52. The van der Waals surface area contributed by atoms with Crippen molar-refractivity contribution in [3.05, 3.63) is 59.2 Å². The Balaban J connectivity index is 1.73. The second-order valence-electron chi connectivity index (χ2n) is 5.15. The molecule has 1 N–H and O–H groups in total. The van der Waals surface area contributed by atoms with Gasteiger partial charge in [0.05, 0.1) is 6.61 Å². The van der Waals surface area contributed by atoms with E-state index in [0.717, 1.165) is 34.6 Å². The summed E-state index contributed by atoms with van der Waals surface area (Å²) in [6, 6.07) is 13.5. The van der Waals surface area contributed by atoms with Gasteiger partial charge in [0.15, 0.2) is 0 Å². The van der Waals surface area contributed by atoms with Crippen LogP contribution in [0.25, 0.3) is 0 Å². The van der Waals surface area contributed by atoms with Crippen LogP contribution in [0.3, 0.4) is 0 Å². The fourth-order valence-corrected chi connectivity index (χ4v) is 2.57. The van der Waals surface area contributed by atoms with Crippen LogP contribution in [0.2, 0.25) is 0 Å². The van der Waals surface area contributed by atoms with Gasteiger partial charge in [-0.2, -0.15) is 0 Å². The monoisotopic (exact) mass is 297 g/mol. The number of rotatable bonds is 5. The van der Waals surface area contributed by atoms with E-state index in [4.69, 9.17) is 9.47 Å². The molecule has 1 heterocycles. The molecule has 0 spiro atoms. The molecule has 1 aliphatic rings. The van der Waals surface area contributed by atoms with E-state index in [2.05, 4.69) is 5.32 Å². The van der Waals surface area contributed by atoms with E-state index in [1.165, 1.54) is 0 Å². The van der Waals surface area contributed by atoms with Gasteiger partial charge < -0.3 is 14.8 Å². The first-order chi connectivity index (χ1) is 10.8. The largest absolute Gasteiger partial charge is 0.493 e. The molecular formula is C18H19NO3. The summed E-state index contributed by atoms with van der Waals surface area (Å²) in [5.41, 5.74) is 2.80. The van der Waals surface area contributed by atoms with E-state index in [9.17, 15) is 4.79 Å². The number of carbonyl (C=O) groups is 1. The fraction of sp³-hybridized carbons (Fsp3) is 0.278. The van der Waals surface area contributed by atoms with E-state index in [1.54, 1.807) is 0 Å². The normalized spacial score (nSPS) is 13.2. The van der Waals surface area contributed by atoms with Crippen molar-refractivity contribution in [2.24, 2.45) is 0 Å². The van der Waals surface area contributed by atoms with Crippen molar-refractivity contribution in [2.75, 3.05) is 13.2 Å². The van der Waals surface area contributed by atoms with Crippen LogP contribution in [-0.2, 0) is 13.0 Å². The predicted octanol–water partition coefficient (Wildman–Crippen LogP) is 2.95.